The van der Waals surface area contributed by atoms with Crippen LogP contribution in [0.4, 0.5) is 0 Å². The Morgan fingerprint density at radius 2 is 1.73 bits per heavy atom. The molecule has 2 fully saturated rings. The SMILES string of the molecule is CC(C)C1CCCCC1N1CCNCC1. The molecular weight excluding hydrogens is 184 g/mol. The highest BCUT2D eigenvalue weighted by molar-refractivity contribution is 4.86. The number of nitrogens with zero attached hydrogens (tertiary/aromatic N) is 1. The molecule has 1 aliphatic heterocycles. The van der Waals surface area contributed by atoms with Crippen molar-refractivity contribution in [2.45, 2.75) is 45.6 Å². The molecule has 0 bridgehead atoms. The first-order chi connectivity index (χ1) is 7.29. The average molecular weight is 210 g/mol. The van der Waals surface area contributed by atoms with Crippen LogP contribution in [0.2, 0.25) is 0 Å². The van der Waals surface area contributed by atoms with E-state index in [4.69, 9.17) is 0 Å². The molecule has 2 rings (SSSR count). The van der Waals surface area contributed by atoms with Crippen molar-refractivity contribution in [1.82, 2.24) is 10.2 Å². The van der Waals surface area contributed by atoms with Crippen molar-refractivity contribution in [1.29, 1.82) is 0 Å². The van der Waals surface area contributed by atoms with E-state index in [0.717, 1.165) is 17.9 Å². The summed E-state index contributed by atoms with van der Waals surface area (Å²) in [4.78, 5) is 2.75. The lowest BCUT2D eigenvalue weighted by molar-refractivity contribution is 0.0688. The van der Waals surface area contributed by atoms with Crippen LogP contribution in [0.5, 0.6) is 0 Å². The van der Waals surface area contributed by atoms with Crippen LogP contribution in [0.1, 0.15) is 39.5 Å². The minimum Gasteiger partial charge on any atom is -0.314 e. The van der Waals surface area contributed by atoms with E-state index in [-0.39, 0.29) is 0 Å². The Morgan fingerprint density at radius 3 is 2.40 bits per heavy atom. The van der Waals surface area contributed by atoms with E-state index in [1.807, 2.05) is 0 Å². The van der Waals surface area contributed by atoms with Crippen molar-refractivity contribution in [3.8, 4) is 0 Å². The van der Waals surface area contributed by atoms with Gasteiger partial charge in [-0.1, -0.05) is 26.7 Å². The summed E-state index contributed by atoms with van der Waals surface area (Å²) in [6, 6.07) is 0.890. The maximum Gasteiger partial charge on any atom is 0.0127 e. The summed E-state index contributed by atoms with van der Waals surface area (Å²) in [5.74, 6) is 1.82. The number of nitrogens with one attached hydrogen (secondary N) is 1. The van der Waals surface area contributed by atoms with Gasteiger partial charge in [0.25, 0.3) is 0 Å². The van der Waals surface area contributed by atoms with Gasteiger partial charge in [-0.3, -0.25) is 4.90 Å². The maximum atomic E-state index is 3.46. The molecule has 2 aliphatic rings. The van der Waals surface area contributed by atoms with Crippen LogP contribution in [0.15, 0.2) is 0 Å². The van der Waals surface area contributed by atoms with E-state index in [9.17, 15) is 0 Å². The quantitative estimate of drug-likeness (QED) is 0.751. The van der Waals surface area contributed by atoms with Gasteiger partial charge in [0.1, 0.15) is 0 Å². The Morgan fingerprint density at radius 1 is 1.07 bits per heavy atom. The van der Waals surface area contributed by atoms with Crippen molar-refractivity contribution in [2.24, 2.45) is 11.8 Å². The topological polar surface area (TPSA) is 15.3 Å². The Kier molecular flexibility index (Phi) is 4.04. The van der Waals surface area contributed by atoms with E-state index in [1.54, 1.807) is 0 Å². The summed E-state index contributed by atoms with van der Waals surface area (Å²) >= 11 is 0. The fourth-order valence-electron chi connectivity index (χ4n) is 3.38. The van der Waals surface area contributed by atoms with Gasteiger partial charge in [-0.25, -0.2) is 0 Å². The van der Waals surface area contributed by atoms with Crippen LogP contribution in [0, 0.1) is 11.8 Å². The lowest BCUT2D eigenvalue weighted by Crippen LogP contribution is -2.52. The summed E-state index contributed by atoms with van der Waals surface area (Å²) < 4.78 is 0. The molecule has 0 aromatic carbocycles. The molecule has 0 amide bonds. The molecule has 1 saturated heterocycles. The van der Waals surface area contributed by atoms with Crippen LogP contribution >= 0.6 is 0 Å². The molecule has 0 aromatic heterocycles. The standard InChI is InChI=1S/C13H26N2/c1-11(2)12-5-3-4-6-13(12)15-9-7-14-8-10-15/h11-14H,3-10H2,1-2H3. The average Bonchev–Trinajstić information content (AvgIpc) is 2.30. The molecular formula is C13H26N2. The molecule has 2 heteroatoms. The van der Waals surface area contributed by atoms with Gasteiger partial charge in [-0.2, -0.15) is 0 Å². The zero-order chi connectivity index (χ0) is 10.7. The highest BCUT2D eigenvalue weighted by Gasteiger charge is 2.32. The Bertz CT molecular complexity index is 185. The van der Waals surface area contributed by atoms with Crippen LogP contribution in [-0.4, -0.2) is 37.1 Å². The van der Waals surface area contributed by atoms with E-state index in [1.165, 1.54) is 51.9 Å². The summed E-state index contributed by atoms with van der Waals surface area (Å²) in [7, 11) is 0. The van der Waals surface area contributed by atoms with Gasteiger partial charge in [0.2, 0.25) is 0 Å². The zero-order valence-corrected chi connectivity index (χ0v) is 10.3. The molecule has 1 saturated carbocycles. The smallest absolute Gasteiger partial charge is 0.0127 e. The molecule has 2 atom stereocenters. The number of hydrogen-bond donors (Lipinski definition) is 1. The lowest BCUT2D eigenvalue weighted by atomic mass is 9.77. The van der Waals surface area contributed by atoms with Gasteiger partial charge in [-0.15, -0.1) is 0 Å². The predicted octanol–water partition coefficient (Wildman–Crippen LogP) is 2.11. The van der Waals surface area contributed by atoms with E-state index < -0.39 is 0 Å². The molecule has 2 unspecified atom stereocenters. The summed E-state index contributed by atoms with van der Waals surface area (Å²) in [6.45, 7) is 9.75. The van der Waals surface area contributed by atoms with Crippen LogP contribution in [0.3, 0.4) is 0 Å². The largest absolute Gasteiger partial charge is 0.314 e. The molecule has 88 valence electrons. The lowest BCUT2D eigenvalue weighted by Gasteiger charge is -2.43. The second-order valence-electron chi connectivity index (χ2n) is 5.55. The molecule has 1 heterocycles. The minimum atomic E-state index is 0.866. The molecule has 2 nitrogen and oxygen atoms in total. The van der Waals surface area contributed by atoms with Gasteiger partial charge < -0.3 is 5.32 Å². The first kappa shape index (κ1) is 11.4. The van der Waals surface area contributed by atoms with Gasteiger partial charge >= 0.3 is 0 Å². The molecule has 0 spiro atoms. The molecule has 0 radical (unpaired) electrons. The normalized spacial score (nSPS) is 34.6. The predicted molar refractivity (Wildman–Crippen MR) is 65.0 cm³/mol. The van der Waals surface area contributed by atoms with E-state index >= 15 is 0 Å². The summed E-state index contributed by atoms with van der Waals surface area (Å²) in [5, 5.41) is 3.46. The highest BCUT2D eigenvalue weighted by atomic mass is 15.2. The third kappa shape index (κ3) is 2.73. The van der Waals surface area contributed by atoms with Crippen molar-refractivity contribution < 1.29 is 0 Å². The fraction of sp³-hybridized carbons (Fsp3) is 1.00. The highest BCUT2D eigenvalue weighted by Crippen LogP contribution is 2.33. The van der Waals surface area contributed by atoms with E-state index in [0.29, 0.717) is 0 Å². The zero-order valence-electron chi connectivity index (χ0n) is 10.3. The number of rotatable bonds is 2. The second-order valence-corrected chi connectivity index (χ2v) is 5.55. The summed E-state index contributed by atoms with van der Waals surface area (Å²) in [6.07, 6.45) is 5.83. The fourth-order valence-corrected chi connectivity index (χ4v) is 3.38. The molecule has 1 aliphatic carbocycles. The molecule has 0 aromatic rings. The monoisotopic (exact) mass is 210 g/mol. The molecule has 1 N–H and O–H groups in total. The van der Waals surface area contributed by atoms with Gasteiger partial charge in [0.05, 0.1) is 0 Å². The first-order valence-electron chi connectivity index (χ1n) is 6.74. The van der Waals surface area contributed by atoms with Crippen LogP contribution < -0.4 is 5.32 Å². The maximum absolute atomic E-state index is 3.46. The third-order valence-corrected chi connectivity index (χ3v) is 4.26. The molecule has 15 heavy (non-hydrogen) atoms. The van der Waals surface area contributed by atoms with Crippen molar-refractivity contribution in [2.75, 3.05) is 26.2 Å². The Labute approximate surface area is 94.4 Å². The van der Waals surface area contributed by atoms with Crippen molar-refractivity contribution >= 4 is 0 Å². The third-order valence-electron chi connectivity index (χ3n) is 4.26. The van der Waals surface area contributed by atoms with Gasteiger partial charge in [0.15, 0.2) is 0 Å². The summed E-state index contributed by atoms with van der Waals surface area (Å²) in [5.41, 5.74) is 0. The Hall–Kier alpha value is -0.0800. The Balaban J connectivity index is 1.96. The van der Waals surface area contributed by atoms with Crippen molar-refractivity contribution in [3.63, 3.8) is 0 Å². The minimum absolute atomic E-state index is 0.866. The van der Waals surface area contributed by atoms with Gasteiger partial charge in [-0.05, 0) is 24.7 Å². The van der Waals surface area contributed by atoms with Crippen LogP contribution in [0.25, 0.3) is 0 Å². The van der Waals surface area contributed by atoms with E-state index in [2.05, 4.69) is 24.1 Å². The second kappa shape index (κ2) is 5.31. The number of hydrogen-bond acceptors (Lipinski definition) is 2. The number of piperazine rings is 1. The van der Waals surface area contributed by atoms with Crippen molar-refractivity contribution in [3.05, 3.63) is 0 Å². The first-order valence-corrected chi connectivity index (χ1v) is 6.74. The van der Waals surface area contributed by atoms with Crippen LogP contribution in [-0.2, 0) is 0 Å². The van der Waals surface area contributed by atoms with Gasteiger partial charge in [0, 0.05) is 32.2 Å².